The molecule has 0 fully saturated rings. The Morgan fingerprint density at radius 1 is 1.13 bits per heavy atom. The molecule has 1 amide bonds. The van der Waals surface area contributed by atoms with Gasteiger partial charge in [0.2, 0.25) is 11.8 Å². The lowest BCUT2D eigenvalue weighted by atomic mass is 10.1. The molecule has 0 bridgehead atoms. The lowest BCUT2D eigenvalue weighted by Gasteiger charge is -2.10. The van der Waals surface area contributed by atoms with Crippen molar-refractivity contribution in [3.63, 3.8) is 0 Å². The van der Waals surface area contributed by atoms with Gasteiger partial charge < -0.3 is 13.8 Å². The van der Waals surface area contributed by atoms with Crippen LogP contribution in [0.5, 0.6) is 0 Å². The number of hydrogen-bond donors (Lipinski definition) is 1. The number of hydrogen-bond acceptors (Lipinski definition) is 6. The van der Waals surface area contributed by atoms with Crippen molar-refractivity contribution in [3.8, 4) is 11.4 Å². The van der Waals surface area contributed by atoms with E-state index in [1.54, 1.807) is 7.11 Å². The maximum Gasteiger partial charge on any atom is 0.471 e. The predicted molar refractivity (Wildman–Crippen MR) is 104 cm³/mol. The highest BCUT2D eigenvalue weighted by molar-refractivity contribution is 6.04. The van der Waals surface area contributed by atoms with Crippen molar-refractivity contribution >= 4 is 22.9 Å². The number of amides is 1. The molecule has 4 rings (SSSR count). The average molecular weight is 431 g/mol. The van der Waals surface area contributed by atoms with Crippen molar-refractivity contribution < 1.29 is 27.2 Å². The second-order valence-electron chi connectivity index (χ2n) is 6.52. The second-order valence-corrected chi connectivity index (χ2v) is 6.52. The van der Waals surface area contributed by atoms with Crippen molar-refractivity contribution in [1.29, 1.82) is 0 Å². The third-order valence-corrected chi connectivity index (χ3v) is 4.47. The summed E-state index contributed by atoms with van der Waals surface area (Å²) in [5.41, 5.74) is 2.14. The Labute approximate surface area is 173 Å². The molecule has 31 heavy (non-hydrogen) atoms. The zero-order valence-electron chi connectivity index (χ0n) is 16.2. The number of nitrogens with zero attached hydrogens (tertiary/aromatic N) is 4. The molecule has 2 aromatic carbocycles. The van der Waals surface area contributed by atoms with Crippen LogP contribution in [0.25, 0.3) is 22.4 Å². The van der Waals surface area contributed by atoms with E-state index in [1.807, 2.05) is 28.8 Å². The summed E-state index contributed by atoms with van der Waals surface area (Å²) in [5, 5.41) is 6.09. The van der Waals surface area contributed by atoms with Crippen LogP contribution in [0, 0.1) is 0 Å². The molecule has 0 saturated heterocycles. The van der Waals surface area contributed by atoms with Crippen LogP contribution in [0.1, 0.15) is 16.2 Å². The molecule has 0 radical (unpaired) electrons. The number of nitrogens with one attached hydrogen (secondary N) is 1. The van der Waals surface area contributed by atoms with Crippen LogP contribution in [0.2, 0.25) is 0 Å². The largest absolute Gasteiger partial charge is 0.471 e. The van der Waals surface area contributed by atoms with Gasteiger partial charge in [0, 0.05) is 24.8 Å². The molecule has 0 unspecified atom stereocenters. The van der Waals surface area contributed by atoms with E-state index >= 15 is 0 Å². The van der Waals surface area contributed by atoms with Crippen molar-refractivity contribution in [2.24, 2.45) is 0 Å². The quantitative estimate of drug-likeness (QED) is 0.496. The summed E-state index contributed by atoms with van der Waals surface area (Å²) in [7, 11) is 1.58. The van der Waals surface area contributed by atoms with E-state index in [9.17, 15) is 18.0 Å². The maximum atomic E-state index is 12.7. The lowest BCUT2D eigenvalue weighted by Crippen LogP contribution is -2.17. The molecule has 4 aromatic rings. The number of carbonyl (C=O) groups excluding carboxylic acids is 1. The first-order chi connectivity index (χ1) is 14.9. The zero-order valence-corrected chi connectivity index (χ0v) is 16.2. The Balaban J connectivity index is 1.55. The number of aromatic nitrogens is 4. The molecule has 0 spiro atoms. The number of halogens is 3. The topological polar surface area (TPSA) is 95.1 Å². The summed E-state index contributed by atoms with van der Waals surface area (Å²) in [6, 6.07) is 13.2. The number of rotatable bonds is 6. The minimum atomic E-state index is -4.72. The first-order valence-corrected chi connectivity index (χ1v) is 9.13. The van der Waals surface area contributed by atoms with Crippen molar-refractivity contribution in [3.05, 3.63) is 60.0 Å². The molecular weight excluding hydrogens is 415 g/mol. The van der Waals surface area contributed by atoms with E-state index in [0.717, 1.165) is 11.0 Å². The molecule has 0 atom stereocenters. The Hall–Kier alpha value is -3.73. The third kappa shape index (κ3) is 4.26. The van der Waals surface area contributed by atoms with Gasteiger partial charge in [-0.1, -0.05) is 29.4 Å². The lowest BCUT2D eigenvalue weighted by molar-refractivity contribution is -0.159. The number of carbonyl (C=O) groups is 1. The molecule has 0 aliphatic rings. The molecule has 0 aliphatic heterocycles. The number of imidazole rings is 1. The molecule has 0 saturated carbocycles. The van der Waals surface area contributed by atoms with Gasteiger partial charge >= 0.3 is 12.1 Å². The van der Waals surface area contributed by atoms with E-state index < -0.39 is 18.0 Å². The van der Waals surface area contributed by atoms with Crippen LogP contribution in [-0.4, -0.2) is 39.3 Å². The Bertz CT molecular complexity index is 1220. The molecule has 2 heterocycles. The summed E-state index contributed by atoms with van der Waals surface area (Å²) in [5.74, 6) is -1.72. The first-order valence-electron chi connectivity index (χ1n) is 9.13. The first kappa shape index (κ1) is 20.5. The molecule has 2 aromatic heterocycles. The van der Waals surface area contributed by atoms with Gasteiger partial charge in [-0.15, -0.1) is 0 Å². The number of benzene rings is 2. The molecule has 11 heteroatoms. The van der Waals surface area contributed by atoms with Gasteiger partial charge in [0.1, 0.15) is 0 Å². The van der Waals surface area contributed by atoms with Gasteiger partial charge in [-0.2, -0.15) is 18.2 Å². The van der Waals surface area contributed by atoms with Gasteiger partial charge in [0.25, 0.3) is 5.91 Å². The highest BCUT2D eigenvalue weighted by atomic mass is 19.4. The van der Waals surface area contributed by atoms with Gasteiger partial charge in [-0.3, -0.25) is 10.1 Å². The van der Waals surface area contributed by atoms with Crippen LogP contribution in [-0.2, 0) is 17.5 Å². The minimum Gasteiger partial charge on any atom is -0.383 e. The number of alkyl halides is 3. The van der Waals surface area contributed by atoms with Crippen molar-refractivity contribution in [2.45, 2.75) is 12.7 Å². The minimum absolute atomic E-state index is 0.222. The number of methoxy groups -OCH3 is 1. The third-order valence-electron chi connectivity index (χ3n) is 4.47. The summed E-state index contributed by atoms with van der Waals surface area (Å²) in [4.78, 5) is 20.5. The van der Waals surface area contributed by atoms with Crippen LogP contribution < -0.4 is 5.32 Å². The van der Waals surface area contributed by atoms with Gasteiger partial charge in [-0.25, -0.2) is 4.98 Å². The summed E-state index contributed by atoms with van der Waals surface area (Å²) < 4.78 is 49.0. The van der Waals surface area contributed by atoms with Crippen LogP contribution in [0.15, 0.2) is 53.1 Å². The van der Waals surface area contributed by atoms with Gasteiger partial charge in [0.15, 0.2) is 0 Å². The average Bonchev–Trinajstić information content (AvgIpc) is 3.37. The standard InChI is InChI=1S/C20H16F3N5O3/c1-30-11-10-28-15-5-3-2-4-14(15)24-19(28)26-17(29)13-8-6-12(7-9-13)16-25-18(31-27-16)20(21,22)23/h2-9H,10-11H2,1H3,(H,24,26,29). The van der Waals surface area contributed by atoms with Crippen LogP contribution in [0.4, 0.5) is 19.1 Å². The van der Waals surface area contributed by atoms with Gasteiger partial charge in [-0.05, 0) is 24.3 Å². The van der Waals surface area contributed by atoms with E-state index in [-0.39, 0.29) is 17.0 Å². The number of fused-ring (bicyclic) bond motifs is 1. The molecule has 1 N–H and O–H groups in total. The number of para-hydroxylation sites is 2. The fourth-order valence-electron chi connectivity index (χ4n) is 2.98. The summed E-state index contributed by atoms with van der Waals surface area (Å²) >= 11 is 0. The molecule has 160 valence electrons. The fourth-order valence-corrected chi connectivity index (χ4v) is 2.98. The smallest absolute Gasteiger partial charge is 0.383 e. The maximum absolute atomic E-state index is 12.7. The Morgan fingerprint density at radius 2 is 1.87 bits per heavy atom. The highest BCUT2D eigenvalue weighted by Crippen LogP contribution is 2.29. The van der Waals surface area contributed by atoms with Crippen molar-refractivity contribution in [1.82, 2.24) is 19.7 Å². The molecule has 8 nitrogen and oxygen atoms in total. The highest BCUT2D eigenvalue weighted by Gasteiger charge is 2.38. The second kappa shape index (κ2) is 8.19. The summed E-state index contributed by atoms with van der Waals surface area (Å²) in [6.45, 7) is 0.924. The predicted octanol–water partition coefficient (Wildman–Crippen LogP) is 4.00. The Morgan fingerprint density at radius 3 is 2.55 bits per heavy atom. The normalized spacial score (nSPS) is 11.7. The van der Waals surface area contributed by atoms with Crippen molar-refractivity contribution in [2.75, 3.05) is 19.0 Å². The molecule has 0 aliphatic carbocycles. The van der Waals surface area contributed by atoms with E-state index in [2.05, 4.69) is 25.0 Å². The fraction of sp³-hybridized carbons (Fsp3) is 0.200. The Kier molecular flexibility index (Phi) is 5.42. The van der Waals surface area contributed by atoms with Gasteiger partial charge in [0.05, 0.1) is 17.6 Å². The monoisotopic (exact) mass is 431 g/mol. The van der Waals surface area contributed by atoms with Crippen LogP contribution in [0.3, 0.4) is 0 Å². The molecular formula is C20H16F3N5O3. The van der Waals surface area contributed by atoms with Crippen LogP contribution >= 0.6 is 0 Å². The zero-order chi connectivity index (χ0) is 22.0. The van der Waals surface area contributed by atoms with E-state index in [1.165, 1.54) is 24.3 Å². The summed E-state index contributed by atoms with van der Waals surface area (Å²) in [6.07, 6.45) is -4.72. The van der Waals surface area contributed by atoms with E-state index in [0.29, 0.717) is 19.1 Å². The SMILES string of the molecule is COCCn1c(NC(=O)c2ccc(-c3noc(C(F)(F)F)n3)cc2)nc2ccccc21. The van der Waals surface area contributed by atoms with E-state index in [4.69, 9.17) is 4.74 Å². The number of ether oxygens (including phenoxy) is 1. The number of anilines is 1.